The van der Waals surface area contributed by atoms with Crippen molar-refractivity contribution in [3.63, 3.8) is 0 Å². The zero-order valence-corrected chi connectivity index (χ0v) is 18.9. The van der Waals surface area contributed by atoms with E-state index in [0.29, 0.717) is 44.7 Å². The van der Waals surface area contributed by atoms with Crippen LogP contribution in [0.4, 0.5) is 13.2 Å². The first-order chi connectivity index (χ1) is 15.6. The SMILES string of the molecule is CCN(CC)C(=O)C1CCN(C(=O)c2nn(-c3cccc(C(F)(F)F)c3)c(C)cc2=O)CC1. The van der Waals surface area contributed by atoms with Gasteiger partial charge in [-0.3, -0.25) is 14.4 Å². The van der Waals surface area contributed by atoms with E-state index in [4.69, 9.17) is 0 Å². The maximum atomic E-state index is 13.1. The lowest BCUT2D eigenvalue weighted by molar-refractivity contribution is -0.138. The van der Waals surface area contributed by atoms with Gasteiger partial charge in [0.1, 0.15) is 0 Å². The van der Waals surface area contributed by atoms with Gasteiger partial charge < -0.3 is 9.80 Å². The van der Waals surface area contributed by atoms with Gasteiger partial charge in [0.25, 0.3) is 5.91 Å². The van der Waals surface area contributed by atoms with Gasteiger partial charge in [-0.2, -0.15) is 18.3 Å². The van der Waals surface area contributed by atoms with Crippen molar-refractivity contribution in [2.45, 2.75) is 39.8 Å². The van der Waals surface area contributed by atoms with Crippen molar-refractivity contribution in [3.05, 3.63) is 57.5 Å². The molecule has 3 rings (SSSR count). The number of halogens is 3. The zero-order chi connectivity index (χ0) is 24.3. The summed E-state index contributed by atoms with van der Waals surface area (Å²) < 4.78 is 40.5. The van der Waals surface area contributed by atoms with Gasteiger partial charge in [-0.1, -0.05) is 6.07 Å². The molecular formula is C23H27F3N4O3. The third-order valence-electron chi connectivity index (χ3n) is 5.93. The average molecular weight is 464 g/mol. The Morgan fingerprint density at radius 3 is 2.33 bits per heavy atom. The quantitative estimate of drug-likeness (QED) is 0.681. The molecule has 1 aromatic heterocycles. The first kappa shape index (κ1) is 24.5. The van der Waals surface area contributed by atoms with Gasteiger partial charge in [-0.25, -0.2) is 4.68 Å². The summed E-state index contributed by atoms with van der Waals surface area (Å²) in [5, 5.41) is 4.12. The van der Waals surface area contributed by atoms with Crippen molar-refractivity contribution in [1.82, 2.24) is 19.6 Å². The number of likely N-dealkylation sites (tertiary alicyclic amines) is 1. The summed E-state index contributed by atoms with van der Waals surface area (Å²) in [5.74, 6) is -0.705. The molecule has 2 heterocycles. The van der Waals surface area contributed by atoms with Crippen molar-refractivity contribution >= 4 is 11.8 Å². The summed E-state index contributed by atoms with van der Waals surface area (Å²) in [6.45, 7) is 7.21. The number of carbonyl (C=O) groups is 2. The van der Waals surface area contributed by atoms with Crippen LogP contribution in [-0.2, 0) is 11.0 Å². The summed E-state index contributed by atoms with van der Waals surface area (Å²) in [7, 11) is 0. The first-order valence-corrected chi connectivity index (χ1v) is 10.9. The van der Waals surface area contributed by atoms with Crippen LogP contribution in [0.2, 0.25) is 0 Å². The molecule has 0 radical (unpaired) electrons. The van der Waals surface area contributed by atoms with Crippen LogP contribution in [0.5, 0.6) is 0 Å². The molecule has 2 aromatic rings. The average Bonchev–Trinajstić information content (AvgIpc) is 2.79. The molecule has 0 unspecified atom stereocenters. The molecule has 0 bridgehead atoms. The summed E-state index contributed by atoms with van der Waals surface area (Å²) in [4.78, 5) is 41.4. The zero-order valence-electron chi connectivity index (χ0n) is 18.9. The number of rotatable bonds is 5. The fourth-order valence-corrected chi connectivity index (χ4v) is 4.04. The van der Waals surface area contributed by atoms with Crippen molar-refractivity contribution in [2.75, 3.05) is 26.2 Å². The van der Waals surface area contributed by atoms with E-state index in [1.165, 1.54) is 34.7 Å². The number of hydrogen-bond acceptors (Lipinski definition) is 4. The molecular weight excluding hydrogens is 437 g/mol. The fraction of sp³-hybridized carbons (Fsp3) is 0.478. The second kappa shape index (κ2) is 9.76. The molecule has 0 aliphatic carbocycles. The largest absolute Gasteiger partial charge is 0.416 e. The number of aryl methyl sites for hydroxylation is 1. The minimum Gasteiger partial charge on any atom is -0.343 e. The predicted octanol–water partition coefficient (Wildman–Crippen LogP) is 3.28. The number of amides is 2. The maximum absolute atomic E-state index is 13.1. The van der Waals surface area contributed by atoms with E-state index in [0.717, 1.165) is 12.1 Å². The van der Waals surface area contributed by atoms with Crippen LogP contribution < -0.4 is 5.43 Å². The molecule has 0 spiro atoms. The molecule has 0 saturated carbocycles. The smallest absolute Gasteiger partial charge is 0.343 e. The predicted molar refractivity (Wildman–Crippen MR) is 116 cm³/mol. The van der Waals surface area contributed by atoms with E-state index in [1.54, 1.807) is 4.90 Å². The van der Waals surface area contributed by atoms with Crippen LogP contribution in [0.15, 0.2) is 35.1 Å². The Balaban J connectivity index is 1.83. The molecule has 1 fully saturated rings. The van der Waals surface area contributed by atoms with Gasteiger partial charge in [0.05, 0.1) is 11.3 Å². The van der Waals surface area contributed by atoms with Crippen molar-refractivity contribution < 1.29 is 22.8 Å². The second-order valence-corrected chi connectivity index (χ2v) is 8.04. The molecule has 178 valence electrons. The van der Waals surface area contributed by atoms with E-state index in [1.807, 2.05) is 13.8 Å². The summed E-state index contributed by atoms with van der Waals surface area (Å²) in [6.07, 6.45) is -3.57. The number of benzene rings is 1. The molecule has 1 aliphatic heterocycles. The van der Waals surface area contributed by atoms with Crippen LogP contribution in [0.1, 0.15) is 48.4 Å². The van der Waals surface area contributed by atoms with Crippen LogP contribution >= 0.6 is 0 Å². The minimum absolute atomic E-state index is 0.0625. The lowest BCUT2D eigenvalue weighted by Gasteiger charge is -2.33. The number of piperidine rings is 1. The highest BCUT2D eigenvalue weighted by Crippen LogP contribution is 2.30. The Kier molecular flexibility index (Phi) is 7.24. The van der Waals surface area contributed by atoms with Crippen LogP contribution in [0.25, 0.3) is 5.69 Å². The van der Waals surface area contributed by atoms with Gasteiger partial charge >= 0.3 is 6.18 Å². The number of aromatic nitrogens is 2. The molecule has 1 aliphatic rings. The minimum atomic E-state index is -4.53. The standard InChI is InChI=1S/C23H27F3N4O3/c1-4-28(5-2)21(32)16-9-11-29(12-10-16)22(33)20-19(31)13-15(3)30(27-20)18-8-6-7-17(14-18)23(24,25)26/h6-8,13-14,16H,4-5,9-12H2,1-3H3. The van der Waals surface area contributed by atoms with Gasteiger partial charge in [0.15, 0.2) is 5.69 Å². The van der Waals surface area contributed by atoms with Crippen molar-refractivity contribution in [1.29, 1.82) is 0 Å². The summed E-state index contributed by atoms with van der Waals surface area (Å²) in [5.41, 5.74) is -1.40. The molecule has 0 atom stereocenters. The topological polar surface area (TPSA) is 75.5 Å². The first-order valence-electron chi connectivity index (χ1n) is 10.9. The Hall–Kier alpha value is -3.17. The summed E-state index contributed by atoms with van der Waals surface area (Å²) >= 11 is 0. The molecule has 7 nitrogen and oxygen atoms in total. The van der Waals surface area contributed by atoms with Crippen LogP contribution in [-0.4, -0.2) is 57.6 Å². The Morgan fingerprint density at radius 1 is 1.12 bits per heavy atom. The van der Waals surface area contributed by atoms with E-state index in [2.05, 4.69) is 5.10 Å². The van der Waals surface area contributed by atoms with Crippen molar-refractivity contribution in [3.8, 4) is 5.69 Å². The number of nitrogens with zero attached hydrogens (tertiary/aromatic N) is 4. The Labute approximate surface area is 189 Å². The van der Waals surface area contributed by atoms with Gasteiger partial charge in [0, 0.05) is 43.9 Å². The molecule has 10 heteroatoms. The third kappa shape index (κ3) is 5.26. The number of hydrogen-bond donors (Lipinski definition) is 0. The number of alkyl halides is 3. The lowest BCUT2D eigenvalue weighted by Crippen LogP contribution is -2.45. The highest BCUT2D eigenvalue weighted by molar-refractivity contribution is 5.92. The number of carbonyl (C=O) groups excluding carboxylic acids is 2. The van der Waals surface area contributed by atoms with E-state index in [-0.39, 0.29) is 23.2 Å². The van der Waals surface area contributed by atoms with Gasteiger partial charge in [0.2, 0.25) is 11.3 Å². The second-order valence-electron chi connectivity index (χ2n) is 8.04. The normalized spacial score (nSPS) is 14.9. The highest BCUT2D eigenvalue weighted by Gasteiger charge is 2.32. The Morgan fingerprint density at radius 2 is 1.76 bits per heavy atom. The van der Waals surface area contributed by atoms with E-state index < -0.39 is 23.1 Å². The van der Waals surface area contributed by atoms with Gasteiger partial charge in [-0.15, -0.1) is 0 Å². The van der Waals surface area contributed by atoms with Gasteiger partial charge in [-0.05, 0) is 51.8 Å². The molecule has 2 amide bonds. The van der Waals surface area contributed by atoms with Crippen LogP contribution in [0, 0.1) is 12.8 Å². The molecule has 33 heavy (non-hydrogen) atoms. The molecule has 1 aromatic carbocycles. The highest BCUT2D eigenvalue weighted by atomic mass is 19.4. The summed E-state index contributed by atoms with van der Waals surface area (Å²) in [6, 6.07) is 5.73. The molecule has 0 N–H and O–H groups in total. The van der Waals surface area contributed by atoms with E-state index in [9.17, 15) is 27.6 Å². The Bertz CT molecular complexity index is 1090. The third-order valence-corrected chi connectivity index (χ3v) is 5.93. The van der Waals surface area contributed by atoms with Crippen LogP contribution in [0.3, 0.4) is 0 Å². The maximum Gasteiger partial charge on any atom is 0.416 e. The van der Waals surface area contributed by atoms with Crippen molar-refractivity contribution in [2.24, 2.45) is 5.92 Å². The van der Waals surface area contributed by atoms with E-state index >= 15 is 0 Å². The fourth-order valence-electron chi connectivity index (χ4n) is 4.04. The molecule has 1 saturated heterocycles. The monoisotopic (exact) mass is 464 g/mol. The lowest BCUT2D eigenvalue weighted by atomic mass is 9.95.